The van der Waals surface area contributed by atoms with Crippen LogP contribution in [0.25, 0.3) is 0 Å². The average Bonchev–Trinajstić information content (AvgIpc) is 2.82. The highest BCUT2D eigenvalue weighted by Gasteiger charge is 2.51. The second-order valence-electron chi connectivity index (χ2n) is 4.88. The van der Waals surface area contributed by atoms with E-state index in [0.29, 0.717) is 5.92 Å². The van der Waals surface area contributed by atoms with Crippen LogP contribution in [0.1, 0.15) is 45.4 Å². The van der Waals surface area contributed by atoms with E-state index in [0.717, 1.165) is 18.8 Å². The van der Waals surface area contributed by atoms with Crippen molar-refractivity contribution in [2.75, 3.05) is 0 Å². The summed E-state index contributed by atoms with van der Waals surface area (Å²) in [5.41, 5.74) is -0.160. The normalized spacial score (nSPS) is 38.7. The van der Waals surface area contributed by atoms with Crippen molar-refractivity contribution in [2.45, 2.75) is 51.0 Å². The first-order valence-electron chi connectivity index (χ1n) is 6.07. The van der Waals surface area contributed by atoms with Crippen molar-refractivity contribution in [1.82, 2.24) is 0 Å². The number of carbonyl (C=O) groups is 1. The summed E-state index contributed by atoms with van der Waals surface area (Å²) in [6, 6.07) is 0. The first-order valence-corrected chi connectivity index (χ1v) is 6.07. The molecule has 0 bridgehead atoms. The molecule has 2 nitrogen and oxygen atoms in total. The van der Waals surface area contributed by atoms with Crippen molar-refractivity contribution in [3.63, 3.8) is 0 Å². The zero-order valence-electron chi connectivity index (χ0n) is 9.50. The van der Waals surface area contributed by atoms with Crippen molar-refractivity contribution in [3.8, 4) is 0 Å². The number of ether oxygens (including phenoxy) is 1. The van der Waals surface area contributed by atoms with Crippen LogP contribution in [0.5, 0.6) is 0 Å². The van der Waals surface area contributed by atoms with E-state index in [1.54, 1.807) is 0 Å². The summed E-state index contributed by atoms with van der Waals surface area (Å²) in [7, 11) is 0. The van der Waals surface area contributed by atoms with Gasteiger partial charge in [0.15, 0.2) is 0 Å². The molecule has 15 heavy (non-hydrogen) atoms. The van der Waals surface area contributed by atoms with Gasteiger partial charge in [-0.1, -0.05) is 26.3 Å². The molecule has 2 fully saturated rings. The van der Waals surface area contributed by atoms with Crippen molar-refractivity contribution in [3.05, 3.63) is 12.7 Å². The number of hydrogen-bond donors (Lipinski definition) is 0. The van der Waals surface area contributed by atoms with Gasteiger partial charge in [-0.3, -0.25) is 0 Å². The van der Waals surface area contributed by atoms with Crippen molar-refractivity contribution >= 4 is 5.97 Å². The minimum absolute atomic E-state index is 0.160. The van der Waals surface area contributed by atoms with Crippen LogP contribution >= 0.6 is 0 Å². The predicted molar refractivity (Wildman–Crippen MR) is 59.4 cm³/mol. The second-order valence-corrected chi connectivity index (χ2v) is 4.88. The van der Waals surface area contributed by atoms with Gasteiger partial charge < -0.3 is 4.74 Å². The third-order valence-corrected chi connectivity index (χ3v) is 4.34. The maximum Gasteiger partial charge on any atom is 0.330 e. The van der Waals surface area contributed by atoms with Crippen LogP contribution in [0.3, 0.4) is 0 Å². The van der Waals surface area contributed by atoms with E-state index in [2.05, 4.69) is 13.5 Å². The minimum atomic E-state index is -0.246. The molecular formula is C13H20O2. The first kappa shape index (κ1) is 10.7. The molecule has 0 radical (unpaired) electrons. The summed E-state index contributed by atoms with van der Waals surface area (Å²) in [5, 5.41) is 0. The fourth-order valence-electron chi connectivity index (χ4n) is 3.57. The van der Waals surface area contributed by atoms with E-state index < -0.39 is 0 Å². The molecule has 84 valence electrons. The maximum atomic E-state index is 11.4. The molecule has 0 spiro atoms. The molecule has 3 unspecified atom stereocenters. The summed E-state index contributed by atoms with van der Waals surface area (Å²) in [4.78, 5) is 11.4. The SMILES string of the molecule is C=CC(=O)OC1(CC)CCC2CCCC21. The lowest BCUT2D eigenvalue weighted by Gasteiger charge is -2.33. The number of esters is 1. The van der Waals surface area contributed by atoms with E-state index in [1.165, 1.54) is 31.8 Å². The van der Waals surface area contributed by atoms with Gasteiger partial charge in [0.05, 0.1) is 0 Å². The van der Waals surface area contributed by atoms with Crippen molar-refractivity contribution < 1.29 is 9.53 Å². The largest absolute Gasteiger partial charge is 0.456 e. The molecule has 2 saturated carbocycles. The lowest BCUT2D eigenvalue weighted by Crippen LogP contribution is -2.38. The van der Waals surface area contributed by atoms with Gasteiger partial charge >= 0.3 is 5.97 Å². The lowest BCUT2D eigenvalue weighted by atomic mass is 9.85. The zero-order chi connectivity index (χ0) is 10.9. The molecule has 2 rings (SSSR count). The van der Waals surface area contributed by atoms with Gasteiger partial charge in [-0.2, -0.15) is 0 Å². The van der Waals surface area contributed by atoms with Crippen LogP contribution in [0.4, 0.5) is 0 Å². The van der Waals surface area contributed by atoms with Crippen LogP contribution in [-0.2, 0) is 9.53 Å². The number of carbonyl (C=O) groups excluding carboxylic acids is 1. The Bertz CT molecular complexity index is 272. The molecule has 0 aromatic rings. The molecule has 0 N–H and O–H groups in total. The van der Waals surface area contributed by atoms with E-state index in [1.807, 2.05) is 0 Å². The Balaban J connectivity index is 2.14. The smallest absolute Gasteiger partial charge is 0.330 e. The third-order valence-electron chi connectivity index (χ3n) is 4.34. The molecule has 2 aliphatic rings. The van der Waals surface area contributed by atoms with Gasteiger partial charge in [0, 0.05) is 12.0 Å². The van der Waals surface area contributed by atoms with Crippen LogP contribution in [-0.4, -0.2) is 11.6 Å². The molecule has 3 atom stereocenters. The van der Waals surface area contributed by atoms with Gasteiger partial charge in [0.1, 0.15) is 5.60 Å². The average molecular weight is 208 g/mol. The quantitative estimate of drug-likeness (QED) is 0.526. The van der Waals surface area contributed by atoms with E-state index in [-0.39, 0.29) is 11.6 Å². The standard InChI is InChI=1S/C13H20O2/c1-3-12(14)15-13(4-2)9-8-10-6-5-7-11(10)13/h3,10-11H,1,4-9H2,2H3. The monoisotopic (exact) mass is 208 g/mol. The predicted octanol–water partition coefficient (Wildman–Crippen LogP) is 3.07. The summed E-state index contributed by atoms with van der Waals surface area (Å²) >= 11 is 0. The summed E-state index contributed by atoms with van der Waals surface area (Å²) in [5.74, 6) is 1.18. The molecule has 0 heterocycles. The fourth-order valence-corrected chi connectivity index (χ4v) is 3.57. The topological polar surface area (TPSA) is 26.3 Å². The lowest BCUT2D eigenvalue weighted by molar-refractivity contribution is -0.158. The van der Waals surface area contributed by atoms with Gasteiger partial charge in [0.2, 0.25) is 0 Å². The molecule has 0 aromatic heterocycles. The highest BCUT2D eigenvalue weighted by Crippen LogP contribution is 2.53. The Morgan fingerprint density at radius 2 is 2.33 bits per heavy atom. The second kappa shape index (κ2) is 3.99. The highest BCUT2D eigenvalue weighted by atomic mass is 16.6. The van der Waals surface area contributed by atoms with Crippen LogP contribution < -0.4 is 0 Å². The van der Waals surface area contributed by atoms with Crippen LogP contribution in [0, 0.1) is 11.8 Å². The third kappa shape index (κ3) is 1.70. The molecule has 0 aliphatic heterocycles. The number of fused-ring (bicyclic) bond motifs is 1. The molecule has 2 aliphatic carbocycles. The summed E-state index contributed by atoms with van der Waals surface area (Å²) in [6.45, 7) is 5.62. The molecule has 0 saturated heterocycles. The van der Waals surface area contributed by atoms with Crippen LogP contribution in [0.15, 0.2) is 12.7 Å². The van der Waals surface area contributed by atoms with Gasteiger partial charge in [-0.25, -0.2) is 4.79 Å². The Morgan fingerprint density at radius 3 is 3.00 bits per heavy atom. The number of rotatable bonds is 3. The molecule has 0 amide bonds. The van der Waals surface area contributed by atoms with Crippen LogP contribution in [0.2, 0.25) is 0 Å². The number of hydrogen-bond acceptors (Lipinski definition) is 2. The van der Waals surface area contributed by atoms with E-state index >= 15 is 0 Å². The Kier molecular flexibility index (Phi) is 2.85. The first-order chi connectivity index (χ1) is 7.22. The van der Waals surface area contributed by atoms with E-state index in [9.17, 15) is 4.79 Å². The zero-order valence-corrected chi connectivity index (χ0v) is 9.50. The minimum Gasteiger partial charge on any atom is -0.456 e. The van der Waals surface area contributed by atoms with Gasteiger partial charge in [-0.15, -0.1) is 0 Å². The van der Waals surface area contributed by atoms with E-state index in [4.69, 9.17) is 4.74 Å². The molecular weight excluding hydrogens is 188 g/mol. The Morgan fingerprint density at radius 1 is 1.53 bits per heavy atom. The Labute approximate surface area is 91.7 Å². The molecule has 2 heteroatoms. The maximum absolute atomic E-state index is 11.4. The van der Waals surface area contributed by atoms with Crippen molar-refractivity contribution in [2.24, 2.45) is 11.8 Å². The fraction of sp³-hybridized carbons (Fsp3) is 0.769. The summed E-state index contributed by atoms with van der Waals surface area (Å²) < 4.78 is 5.65. The highest BCUT2D eigenvalue weighted by molar-refractivity contribution is 5.81. The van der Waals surface area contributed by atoms with Gasteiger partial charge in [-0.05, 0) is 31.6 Å². The summed E-state index contributed by atoms with van der Waals surface area (Å²) in [6.07, 6.45) is 8.42. The molecule has 0 aromatic carbocycles. The van der Waals surface area contributed by atoms with Crippen molar-refractivity contribution in [1.29, 1.82) is 0 Å². The van der Waals surface area contributed by atoms with Gasteiger partial charge in [0.25, 0.3) is 0 Å². The Hall–Kier alpha value is -0.790.